The number of rotatable bonds is 4. The second-order valence-corrected chi connectivity index (χ2v) is 7.23. The van der Waals surface area contributed by atoms with E-state index in [2.05, 4.69) is 19.9 Å². The van der Waals surface area contributed by atoms with E-state index in [1.165, 1.54) is 17.7 Å². The Balaban J connectivity index is 2.28. The van der Waals surface area contributed by atoms with E-state index in [4.69, 9.17) is 4.74 Å². The fourth-order valence-electron chi connectivity index (χ4n) is 3.64. The quantitative estimate of drug-likeness (QED) is 0.624. The number of halogens is 2. The van der Waals surface area contributed by atoms with Crippen LogP contribution in [-0.2, 0) is 6.42 Å². The third-order valence-electron chi connectivity index (χ3n) is 5.17. The summed E-state index contributed by atoms with van der Waals surface area (Å²) in [7, 11) is 1.54. The van der Waals surface area contributed by atoms with Crippen LogP contribution in [0.25, 0.3) is 16.7 Å². The van der Waals surface area contributed by atoms with E-state index in [0.29, 0.717) is 28.9 Å². The van der Waals surface area contributed by atoms with Gasteiger partial charge >= 0.3 is 0 Å². The first kappa shape index (κ1) is 17.7. The van der Waals surface area contributed by atoms with E-state index in [9.17, 15) is 8.78 Å². The Morgan fingerprint density at radius 2 is 1.76 bits per heavy atom. The SMILES string of the molecule is CCc1cc(C2=CCCC2(C)C)c(-c2cc(OC)ccc2F)cc1F. The van der Waals surface area contributed by atoms with Crippen molar-refractivity contribution < 1.29 is 13.5 Å². The van der Waals surface area contributed by atoms with Crippen molar-refractivity contribution in [2.24, 2.45) is 5.41 Å². The molecule has 2 aromatic carbocycles. The maximum Gasteiger partial charge on any atom is 0.131 e. The minimum atomic E-state index is -0.373. The number of hydrogen-bond donors (Lipinski definition) is 0. The first-order chi connectivity index (χ1) is 11.9. The topological polar surface area (TPSA) is 9.23 Å². The molecule has 0 amide bonds. The van der Waals surface area contributed by atoms with Gasteiger partial charge < -0.3 is 4.74 Å². The largest absolute Gasteiger partial charge is 0.497 e. The molecule has 1 aliphatic rings. The summed E-state index contributed by atoms with van der Waals surface area (Å²) in [6.07, 6.45) is 4.84. The van der Waals surface area contributed by atoms with Gasteiger partial charge in [-0.3, -0.25) is 0 Å². The normalized spacial score (nSPS) is 16.0. The number of allylic oxidation sites excluding steroid dienone is 2. The number of hydrogen-bond acceptors (Lipinski definition) is 1. The first-order valence-corrected chi connectivity index (χ1v) is 8.74. The van der Waals surface area contributed by atoms with Crippen molar-refractivity contribution in [3.8, 4) is 16.9 Å². The van der Waals surface area contributed by atoms with Crippen LogP contribution in [-0.4, -0.2) is 7.11 Å². The van der Waals surface area contributed by atoms with Gasteiger partial charge in [-0.15, -0.1) is 0 Å². The van der Waals surface area contributed by atoms with E-state index < -0.39 is 0 Å². The standard InChI is InChI=1S/C22H24F2O/c1-5-14-11-17(19-7-6-10-22(19,2)3)16(13-21(14)24)18-12-15(25-4)8-9-20(18)23/h7-9,11-13H,5-6,10H2,1-4H3. The molecule has 0 aromatic heterocycles. The van der Waals surface area contributed by atoms with Gasteiger partial charge in [0.05, 0.1) is 7.11 Å². The summed E-state index contributed by atoms with van der Waals surface area (Å²) in [5, 5.41) is 0. The van der Waals surface area contributed by atoms with Crippen LogP contribution < -0.4 is 4.74 Å². The first-order valence-electron chi connectivity index (χ1n) is 8.74. The fraction of sp³-hybridized carbons (Fsp3) is 0.364. The minimum absolute atomic E-state index is 0.00701. The summed E-state index contributed by atoms with van der Waals surface area (Å²) in [5.74, 6) is -0.107. The molecule has 3 heteroatoms. The van der Waals surface area contributed by atoms with Crippen LogP contribution in [0.1, 0.15) is 44.7 Å². The van der Waals surface area contributed by atoms with E-state index in [-0.39, 0.29) is 17.0 Å². The van der Waals surface area contributed by atoms with E-state index >= 15 is 0 Å². The van der Waals surface area contributed by atoms with Crippen LogP contribution in [0.4, 0.5) is 8.78 Å². The van der Waals surface area contributed by atoms with Crippen molar-refractivity contribution in [3.63, 3.8) is 0 Å². The molecule has 0 radical (unpaired) electrons. The predicted octanol–water partition coefficient (Wildman–Crippen LogP) is 6.41. The molecule has 132 valence electrons. The number of benzene rings is 2. The second-order valence-electron chi connectivity index (χ2n) is 7.23. The summed E-state index contributed by atoms with van der Waals surface area (Å²) >= 11 is 0. The van der Waals surface area contributed by atoms with Crippen LogP contribution in [0.2, 0.25) is 0 Å². The van der Waals surface area contributed by atoms with Crippen LogP contribution in [0, 0.1) is 17.0 Å². The van der Waals surface area contributed by atoms with Gasteiger partial charge in [-0.1, -0.05) is 26.8 Å². The third kappa shape index (κ3) is 3.20. The van der Waals surface area contributed by atoms with Crippen LogP contribution in [0.15, 0.2) is 36.4 Å². The monoisotopic (exact) mass is 342 g/mol. The molecule has 0 heterocycles. The highest BCUT2D eigenvalue weighted by molar-refractivity contribution is 5.85. The molecule has 1 nitrogen and oxygen atoms in total. The smallest absolute Gasteiger partial charge is 0.131 e. The molecule has 25 heavy (non-hydrogen) atoms. The van der Waals surface area contributed by atoms with Crippen molar-refractivity contribution in [3.05, 3.63) is 59.2 Å². The Morgan fingerprint density at radius 3 is 2.36 bits per heavy atom. The summed E-state index contributed by atoms with van der Waals surface area (Å²) in [5.41, 5.74) is 3.71. The van der Waals surface area contributed by atoms with Gasteiger partial charge in [0.25, 0.3) is 0 Å². The average molecular weight is 342 g/mol. The Kier molecular flexibility index (Phi) is 4.68. The summed E-state index contributed by atoms with van der Waals surface area (Å²) in [4.78, 5) is 0. The van der Waals surface area contributed by atoms with Crippen LogP contribution >= 0.6 is 0 Å². The Bertz CT molecular complexity index is 834. The molecule has 0 aliphatic heterocycles. The van der Waals surface area contributed by atoms with Gasteiger partial charge in [-0.25, -0.2) is 8.78 Å². The van der Waals surface area contributed by atoms with Crippen molar-refractivity contribution in [1.29, 1.82) is 0 Å². The summed E-state index contributed by atoms with van der Waals surface area (Å²) < 4.78 is 34.3. The Morgan fingerprint density at radius 1 is 1.00 bits per heavy atom. The highest BCUT2D eigenvalue weighted by Crippen LogP contribution is 2.47. The predicted molar refractivity (Wildman–Crippen MR) is 98.7 cm³/mol. The maximum atomic E-state index is 14.6. The third-order valence-corrected chi connectivity index (χ3v) is 5.17. The van der Waals surface area contributed by atoms with Crippen molar-refractivity contribution in [2.45, 2.75) is 40.0 Å². The van der Waals surface area contributed by atoms with E-state index in [0.717, 1.165) is 18.4 Å². The van der Waals surface area contributed by atoms with E-state index in [1.54, 1.807) is 19.2 Å². The molecular formula is C22H24F2O. The molecule has 0 saturated heterocycles. The number of ether oxygens (including phenoxy) is 1. The molecule has 0 N–H and O–H groups in total. The lowest BCUT2D eigenvalue weighted by molar-refractivity contribution is 0.414. The van der Waals surface area contributed by atoms with Crippen molar-refractivity contribution >= 4 is 5.57 Å². The fourth-order valence-corrected chi connectivity index (χ4v) is 3.64. The molecule has 0 fully saturated rings. The molecular weight excluding hydrogens is 318 g/mol. The summed E-state index contributed by atoms with van der Waals surface area (Å²) in [6.45, 7) is 6.31. The molecule has 0 unspecified atom stereocenters. The minimum Gasteiger partial charge on any atom is -0.497 e. The van der Waals surface area contributed by atoms with Crippen LogP contribution in [0.5, 0.6) is 5.75 Å². The Labute approximate surface area is 148 Å². The van der Waals surface area contributed by atoms with Crippen molar-refractivity contribution in [1.82, 2.24) is 0 Å². The van der Waals surface area contributed by atoms with Gasteiger partial charge in [-0.05, 0) is 77.3 Å². The zero-order chi connectivity index (χ0) is 18.2. The molecule has 0 spiro atoms. The average Bonchev–Trinajstić information content (AvgIpc) is 2.94. The zero-order valence-corrected chi connectivity index (χ0v) is 15.2. The molecule has 1 aliphatic carbocycles. The van der Waals surface area contributed by atoms with Gasteiger partial charge in [0.15, 0.2) is 0 Å². The van der Waals surface area contributed by atoms with Gasteiger partial charge in [0, 0.05) is 5.56 Å². The van der Waals surface area contributed by atoms with Gasteiger partial charge in [0.1, 0.15) is 17.4 Å². The molecule has 0 atom stereocenters. The number of methoxy groups -OCH3 is 1. The lowest BCUT2D eigenvalue weighted by atomic mass is 9.79. The zero-order valence-electron chi connectivity index (χ0n) is 15.2. The molecule has 2 aromatic rings. The highest BCUT2D eigenvalue weighted by Gasteiger charge is 2.30. The molecule has 0 bridgehead atoms. The lowest BCUT2D eigenvalue weighted by Gasteiger charge is -2.25. The van der Waals surface area contributed by atoms with E-state index in [1.807, 2.05) is 13.0 Å². The molecule has 0 saturated carbocycles. The van der Waals surface area contributed by atoms with Crippen molar-refractivity contribution in [2.75, 3.05) is 7.11 Å². The molecule has 3 rings (SSSR count). The van der Waals surface area contributed by atoms with Gasteiger partial charge in [0.2, 0.25) is 0 Å². The second kappa shape index (κ2) is 6.62. The van der Waals surface area contributed by atoms with Crippen LogP contribution in [0.3, 0.4) is 0 Å². The maximum absolute atomic E-state index is 14.6. The lowest BCUT2D eigenvalue weighted by Crippen LogP contribution is -2.10. The number of aryl methyl sites for hydroxylation is 1. The summed E-state index contributed by atoms with van der Waals surface area (Å²) in [6, 6.07) is 7.96. The highest BCUT2D eigenvalue weighted by atomic mass is 19.1. The van der Waals surface area contributed by atoms with Gasteiger partial charge in [-0.2, -0.15) is 0 Å². The Hall–Kier alpha value is -2.16.